The van der Waals surface area contributed by atoms with Gasteiger partial charge < -0.3 is 10.6 Å². The molecule has 0 aromatic carbocycles. The topological polar surface area (TPSA) is 58.7 Å². The first-order valence-electron chi connectivity index (χ1n) is 6.46. The fourth-order valence-corrected chi connectivity index (χ4v) is 3.12. The van der Waals surface area contributed by atoms with Crippen molar-refractivity contribution in [1.29, 1.82) is 0 Å². The van der Waals surface area contributed by atoms with Crippen molar-refractivity contribution in [3.63, 3.8) is 0 Å². The SMILES string of the molecule is CC(C)N1C(=O)N=C(N)C12CCC(C)(C)CC2. The number of aliphatic imine (C=N–C) groups is 1. The van der Waals surface area contributed by atoms with Gasteiger partial charge in [0.15, 0.2) is 0 Å². The molecule has 2 amide bonds. The molecule has 0 bridgehead atoms. The lowest BCUT2D eigenvalue weighted by molar-refractivity contribution is 0.0812. The number of rotatable bonds is 1. The Morgan fingerprint density at radius 1 is 1.24 bits per heavy atom. The van der Waals surface area contributed by atoms with Gasteiger partial charge in [-0.15, -0.1) is 0 Å². The number of urea groups is 1. The lowest BCUT2D eigenvalue weighted by Gasteiger charge is -2.47. The van der Waals surface area contributed by atoms with Crippen molar-refractivity contribution in [1.82, 2.24) is 4.90 Å². The van der Waals surface area contributed by atoms with Gasteiger partial charge in [0.25, 0.3) is 0 Å². The quantitative estimate of drug-likeness (QED) is 0.761. The first-order valence-corrected chi connectivity index (χ1v) is 6.46. The molecule has 0 radical (unpaired) electrons. The van der Waals surface area contributed by atoms with Gasteiger partial charge in [-0.2, -0.15) is 4.99 Å². The summed E-state index contributed by atoms with van der Waals surface area (Å²) in [7, 11) is 0. The number of nitrogens with two attached hydrogens (primary N) is 1. The number of amides is 2. The van der Waals surface area contributed by atoms with E-state index in [2.05, 4.69) is 18.8 Å². The van der Waals surface area contributed by atoms with E-state index in [0.29, 0.717) is 11.3 Å². The number of hydrogen-bond acceptors (Lipinski definition) is 2. The van der Waals surface area contributed by atoms with Crippen molar-refractivity contribution in [2.75, 3.05) is 0 Å². The zero-order valence-electron chi connectivity index (χ0n) is 11.3. The highest BCUT2D eigenvalue weighted by molar-refractivity contribution is 6.06. The van der Waals surface area contributed by atoms with Crippen LogP contribution in [0, 0.1) is 5.41 Å². The van der Waals surface area contributed by atoms with E-state index in [9.17, 15) is 4.79 Å². The molecule has 0 saturated heterocycles. The standard InChI is InChI=1S/C13H23N3O/c1-9(2)16-11(17)15-10(14)13(16)7-5-12(3,4)6-8-13/h9H,5-8H2,1-4H3,(H2,14,15,17). The maximum atomic E-state index is 11.9. The van der Waals surface area contributed by atoms with Crippen LogP contribution in [-0.2, 0) is 0 Å². The Hall–Kier alpha value is -1.06. The van der Waals surface area contributed by atoms with Gasteiger partial charge in [0.05, 0.1) is 0 Å². The fraction of sp³-hybridized carbons (Fsp3) is 0.846. The molecule has 17 heavy (non-hydrogen) atoms. The van der Waals surface area contributed by atoms with E-state index < -0.39 is 0 Å². The highest BCUT2D eigenvalue weighted by Gasteiger charge is 2.52. The first-order chi connectivity index (χ1) is 7.78. The first kappa shape index (κ1) is 12.4. The van der Waals surface area contributed by atoms with Gasteiger partial charge in [-0.1, -0.05) is 13.8 Å². The van der Waals surface area contributed by atoms with Crippen molar-refractivity contribution in [2.24, 2.45) is 16.1 Å². The van der Waals surface area contributed by atoms with Crippen LogP contribution in [0.5, 0.6) is 0 Å². The second kappa shape index (κ2) is 3.72. The lowest BCUT2D eigenvalue weighted by Crippen LogP contribution is -2.58. The van der Waals surface area contributed by atoms with E-state index >= 15 is 0 Å². The summed E-state index contributed by atoms with van der Waals surface area (Å²) in [4.78, 5) is 17.8. The zero-order valence-corrected chi connectivity index (χ0v) is 11.3. The van der Waals surface area contributed by atoms with Crippen LogP contribution in [0.2, 0.25) is 0 Å². The second-order valence-electron chi connectivity index (χ2n) is 6.44. The third kappa shape index (κ3) is 1.83. The molecule has 96 valence electrons. The average Bonchev–Trinajstić information content (AvgIpc) is 2.44. The third-order valence-corrected chi connectivity index (χ3v) is 4.31. The van der Waals surface area contributed by atoms with Gasteiger partial charge in [-0.3, -0.25) is 0 Å². The predicted octanol–water partition coefficient (Wildman–Crippen LogP) is 2.53. The maximum absolute atomic E-state index is 11.9. The van der Waals surface area contributed by atoms with Crippen molar-refractivity contribution >= 4 is 11.9 Å². The summed E-state index contributed by atoms with van der Waals surface area (Å²) in [5.74, 6) is 0.534. The number of nitrogens with zero attached hydrogens (tertiary/aromatic N) is 2. The Kier molecular flexibility index (Phi) is 2.71. The third-order valence-electron chi connectivity index (χ3n) is 4.31. The molecule has 1 fully saturated rings. The van der Waals surface area contributed by atoms with Crippen LogP contribution in [0.15, 0.2) is 4.99 Å². The van der Waals surface area contributed by atoms with Crippen LogP contribution < -0.4 is 5.73 Å². The number of carbonyl (C=O) groups is 1. The molecule has 4 nitrogen and oxygen atoms in total. The van der Waals surface area contributed by atoms with Gasteiger partial charge in [-0.25, -0.2) is 4.79 Å². The van der Waals surface area contributed by atoms with Gasteiger partial charge in [0, 0.05) is 6.04 Å². The largest absolute Gasteiger partial charge is 0.385 e. The van der Waals surface area contributed by atoms with E-state index in [0.717, 1.165) is 25.7 Å². The molecule has 0 aromatic heterocycles. The van der Waals surface area contributed by atoms with E-state index in [4.69, 9.17) is 5.73 Å². The van der Waals surface area contributed by atoms with Crippen LogP contribution in [0.4, 0.5) is 4.79 Å². The molecule has 0 atom stereocenters. The van der Waals surface area contributed by atoms with Crippen molar-refractivity contribution in [3.05, 3.63) is 0 Å². The molecule has 2 aliphatic rings. The van der Waals surface area contributed by atoms with Crippen molar-refractivity contribution < 1.29 is 4.79 Å². The van der Waals surface area contributed by atoms with Crippen LogP contribution >= 0.6 is 0 Å². The summed E-state index contributed by atoms with van der Waals surface area (Å²) >= 11 is 0. The summed E-state index contributed by atoms with van der Waals surface area (Å²) in [5, 5.41) is 0. The summed E-state index contributed by atoms with van der Waals surface area (Å²) in [6.07, 6.45) is 4.08. The molecular formula is C13H23N3O. The Bertz CT molecular complexity index is 361. The molecule has 2 rings (SSSR count). The highest BCUT2D eigenvalue weighted by atomic mass is 16.2. The van der Waals surface area contributed by atoms with Crippen LogP contribution in [0.1, 0.15) is 53.4 Å². The number of amidine groups is 1. The minimum Gasteiger partial charge on any atom is -0.385 e. The van der Waals surface area contributed by atoms with Gasteiger partial charge >= 0.3 is 6.03 Å². The monoisotopic (exact) mass is 237 g/mol. The number of carbonyl (C=O) groups excluding carboxylic acids is 1. The molecular weight excluding hydrogens is 214 g/mol. The number of hydrogen-bond donors (Lipinski definition) is 1. The van der Waals surface area contributed by atoms with Crippen LogP contribution in [-0.4, -0.2) is 28.3 Å². The van der Waals surface area contributed by atoms with E-state index in [-0.39, 0.29) is 17.6 Å². The maximum Gasteiger partial charge on any atom is 0.346 e. The van der Waals surface area contributed by atoms with Gasteiger partial charge in [-0.05, 0) is 44.9 Å². The molecule has 1 heterocycles. The van der Waals surface area contributed by atoms with E-state index in [1.54, 1.807) is 0 Å². The molecule has 0 unspecified atom stereocenters. The van der Waals surface area contributed by atoms with Gasteiger partial charge in [0.1, 0.15) is 11.4 Å². The Morgan fingerprint density at radius 3 is 2.24 bits per heavy atom. The summed E-state index contributed by atoms with van der Waals surface area (Å²) in [5.41, 5.74) is 6.11. The minimum atomic E-state index is -0.291. The normalized spacial score (nSPS) is 26.8. The smallest absolute Gasteiger partial charge is 0.346 e. The molecule has 1 saturated carbocycles. The predicted molar refractivity (Wildman–Crippen MR) is 69.0 cm³/mol. The Labute approximate surface area is 103 Å². The summed E-state index contributed by atoms with van der Waals surface area (Å²) in [6.45, 7) is 8.63. The van der Waals surface area contributed by atoms with Crippen molar-refractivity contribution in [3.8, 4) is 0 Å². The Balaban J connectivity index is 2.29. The lowest BCUT2D eigenvalue weighted by atomic mass is 9.68. The molecule has 1 aliphatic heterocycles. The molecule has 4 heteroatoms. The zero-order chi connectivity index (χ0) is 12.8. The molecule has 1 aliphatic carbocycles. The molecule has 1 spiro atoms. The minimum absolute atomic E-state index is 0.155. The van der Waals surface area contributed by atoms with Crippen LogP contribution in [0.25, 0.3) is 0 Å². The molecule has 0 aromatic rings. The summed E-state index contributed by atoms with van der Waals surface area (Å²) in [6, 6.07) is 0.00529. The highest BCUT2D eigenvalue weighted by Crippen LogP contribution is 2.45. The van der Waals surface area contributed by atoms with E-state index in [1.165, 1.54) is 0 Å². The van der Waals surface area contributed by atoms with Crippen molar-refractivity contribution in [2.45, 2.75) is 65.0 Å². The Morgan fingerprint density at radius 2 is 1.76 bits per heavy atom. The summed E-state index contributed by atoms with van der Waals surface area (Å²) < 4.78 is 0. The van der Waals surface area contributed by atoms with Gasteiger partial charge in [0.2, 0.25) is 0 Å². The van der Waals surface area contributed by atoms with Crippen LogP contribution in [0.3, 0.4) is 0 Å². The fourth-order valence-electron chi connectivity index (χ4n) is 3.12. The average molecular weight is 237 g/mol. The van der Waals surface area contributed by atoms with E-state index in [1.807, 2.05) is 18.7 Å². The molecule has 2 N–H and O–H groups in total. The second-order valence-corrected chi connectivity index (χ2v) is 6.44.